The summed E-state index contributed by atoms with van der Waals surface area (Å²) in [5.41, 5.74) is 3.40. The second kappa shape index (κ2) is 11.8. The van der Waals surface area contributed by atoms with Crippen molar-refractivity contribution in [3.63, 3.8) is 0 Å². The quantitative estimate of drug-likeness (QED) is 0.253. The van der Waals surface area contributed by atoms with Crippen molar-refractivity contribution in [3.05, 3.63) is 72.3 Å². The molecular formula is C29H32N6O4. The van der Waals surface area contributed by atoms with Crippen LogP contribution >= 0.6 is 0 Å². The van der Waals surface area contributed by atoms with Crippen LogP contribution in [0.4, 0.5) is 22.0 Å². The number of benzene rings is 2. The van der Waals surface area contributed by atoms with Gasteiger partial charge in [0.25, 0.3) is 0 Å². The molecule has 39 heavy (non-hydrogen) atoms. The molecule has 0 saturated carbocycles. The minimum Gasteiger partial charge on any atom is -0.455 e. The van der Waals surface area contributed by atoms with Crippen molar-refractivity contribution in [2.75, 3.05) is 17.2 Å². The highest BCUT2D eigenvalue weighted by atomic mass is 16.6. The summed E-state index contributed by atoms with van der Waals surface area (Å²) in [5.74, 6) is 1.75. The van der Waals surface area contributed by atoms with E-state index in [0.717, 1.165) is 33.6 Å². The summed E-state index contributed by atoms with van der Waals surface area (Å²) in [6, 6.07) is 14.9. The van der Waals surface area contributed by atoms with E-state index in [-0.39, 0.29) is 18.9 Å². The third-order valence-electron chi connectivity index (χ3n) is 5.49. The summed E-state index contributed by atoms with van der Waals surface area (Å²) in [7, 11) is 0. The fourth-order valence-corrected chi connectivity index (χ4v) is 3.67. The SMILES string of the molecule is Cc1ccc(Oc2ccc(Nc3ncnc4ccc(NC(=O)CCNC(=O)OC(C)(C)C)cc34)cc2C)cn1. The number of fused-ring (bicyclic) bond motifs is 1. The minimum atomic E-state index is -0.598. The molecule has 3 N–H and O–H groups in total. The fourth-order valence-electron chi connectivity index (χ4n) is 3.67. The third kappa shape index (κ3) is 7.88. The Hall–Kier alpha value is -4.73. The van der Waals surface area contributed by atoms with Gasteiger partial charge in [0, 0.05) is 35.4 Å². The van der Waals surface area contributed by atoms with Crippen LogP contribution in [-0.4, -0.2) is 39.1 Å². The number of aryl methyl sites for hydroxylation is 2. The molecule has 4 rings (SSSR count). The number of aromatic nitrogens is 3. The van der Waals surface area contributed by atoms with Gasteiger partial charge < -0.3 is 25.4 Å². The molecule has 0 aliphatic carbocycles. The predicted octanol–water partition coefficient (Wildman–Crippen LogP) is 6.03. The van der Waals surface area contributed by atoms with Gasteiger partial charge in [-0.1, -0.05) is 0 Å². The second-order valence-corrected chi connectivity index (χ2v) is 10.0. The number of carbonyl (C=O) groups is 2. The van der Waals surface area contributed by atoms with Crippen LogP contribution in [0.2, 0.25) is 0 Å². The molecule has 0 unspecified atom stereocenters. The van der Waals surface area contributed by atoms with Crippen LogP contribution in [0, 0.1) is 13.8 Å². The Morgan fingerprint density at radius 1 is 0.923 bits per heavy atom. The van der Waals surface area contributed by atoms with Crippen LogP contribution in [0.1, 0.15) is 38.4 Å². The van der Waals surface area contributed by atoms with Crippen molar-refractivity contribution in [1.82, 2.24) is 20.3 Å². The summed E-state index contributed by atoms with van der Waals surface area (Å²) in [4.78, 5) is 37.2. The number of nitrogens with zero attached hydrogens (tertiary/aromatic N) is 3. The molecule has 0 aliphatic heterocycles. The van der Waals surface area contributed by atoms with Gasteiger partial charge in [0.1, 0.15) is 29.2 Å². The zero-order chi connectivity index (χ0) is 28.0. The standard InChI is InChI=1S/C29H32N6O4/c1-18-14-20(8-11-25(18)38-22-9-6-19(2)31-16-22)35-27-23-15-21(7-10-24(23)32-17-33-27)34-26(36)12-13-30-28(37)39-29(3,4)5/h6-11,14-17H,12-13H2,1-5H3,(H,30,37)(H,34,36)(H,32,33,35). The highest BCUT2D eigenvalue weighted by Gasteiger charge is 2.16. The average molecular weight is 529 g/mol. The van der Waals surface area contributed by atoms with Crippen molar-refractivity contribution < 1.29 is 19.1 Å². The Morgan fingerprint density at radius 2 is 1.72 bits per heavy atom. The van der Waals surface area contributed by atoms with E-state index in [4.69, 9.17) is 9.47 Å². The molecule has 10 heteroatoms. The highest BCUT2D eigenvalue weighted by Crippen LogP contribution is 2.30. The molecule has 10 nitrogen and oxygen atoms in total. The van der Waals surface area contributed by atoms with E-state index in [1.54, 1.807) is 33.0 Å². The third-order valence-corrected chi connectivity index (χ3v) is 5.49. The van der Waals surface area contributed by atoms with Crippen LogP contribution in [0.15, 0.2) is 61.1 Å². The largest absolute Gasteiger partial charge is 0.455 e. The molecule has 202 valence electrons. The Balaban J connectivity index is 1.41. The first-order valence-corrected chi connectivity index (χ1v) is 12.6. The van der Waals surface area contributed by atoms with Crippen molar-refractivity contribution in [2.45, 2.75) is 46.6 Å². The first-order valence-electron chi connectivity index (χ1n) is 12.6. The molecule has 0 atom stereocenters. The van der Waals surface area contributed by atoms with E-state index in [0.29, 0.717) is 17.3 Å². The van der Waals surface area contributed by atoms with Crippen LogP contribution in [0.25, 0.3) is 10.9 Å². The minimum absolute atomic E-state index is 0.0972. The number of nitrogens with one attached hydrogen (secondary N) is 3. The van der Waals surface area contributed by atoms with Crippen molar-refractivity contribution in [2.24, 2.45) is 0 Å². The van der Waals surface area contributed by atoms with E-state index in [9.17, 15) is 9.59 Å². The summed E-state index contributed by atoms with van der Waals surface area (Å²) >= 11 is 0. The zero-order valence-electron chi connectivity index (χ0n) is 22.7. The molecular weight excluding hydrogens is 496 g/mol. The van der Waals surface area contributed by atoms with Gasteiger partial charge in [-0.05, 0) is 88.7 Å². The number of pyridine rings is 1. The molecule has 2 amide bonds. The summed E-state index contributed by atoms with van der Waals surface area (Å²) < 4.78 is 11.1. The molecule has 0 saturated heterocycles. The smallest absolute Gasteiger partial charge is 0.407 e. The van der Waals surface area contributed by atoms with Gasteiger partial charge in [0.05, 0.1) is 11.7 Å². The molecule has 2 heterocycles. The number of amides is 2. The first kappa shape index (κ1) is 27.3. The van der Waals surface area contributed by atoms with Gasteiger partial charge in [-0.3, -0.25) is 9.78 Å². The van der Waals surface area contributed by atoms with E-state index in [1.807, 2.05) is 56.3 Å². The lowest BCUT2D eigenvalue weighted by molar-refractivity contribution is -0.116. The highest BCUT2D eigenvalue weighted by molar-refractivity contribution is 5.97. The molecule has 0 fully saturated rings. The maximum absolute atomic E-state index is 12.4. The number of hydrogen-bond acceptors (Lipinski definition) is 8. The van der Waals surface area contributed by atoms with Crippen molar-refractivity contribution >= 4 is 40.1 Å². The average Bonchev–Trinajstić information content (AvgIpc) is 2.86. The lowest BCUT2D eigenvalue weighted by Crippen LogP contribution is -2.34. The summed E-state index contributed by atoms with van der Waals surface area (Å²) in [6.07, 6.45) is 2.72. The van der Waals surface area contributed by atoms with Crippen LogP contribution < -0.4 is 20.7 Å². The topological polar surface area (TPSA) is 127 Å². The maximum Gasteiger partial charge on any atom is 0.407 e. The molecule has 2 aromatic carbocycles. The van der Waals surface area contributed by atoms with E-state index in [1.165, 1.54) is 6.33 Å². The number of rotatable bonds is 8. The molecule has 0 bridgehead atoms. The lowest BCUT2D eigenvalue weighted by Gasteiger charge is -2.19. The monoisotopic (exact) mass is 528 g/mol. The molecule has 0 spiro atoms. The maximum atomic E-state index is 12.4. The van der Waals surface area contributed by atoms with Gasteiger partial charge in [-0.2, -0.15) is 0 Å². The summed E-state index contributed by atoms with van der Waals surface area (Å²) in [5, 5.41) is 9.52. The van der Waals surface area contributed by atoms with Gasteiger partial charge in [-0.25, -0.2) is 14.8 Å². The number of carbonyl (C=O) groups excluding carboxylic acids is 2. The predicted molar refractivity (Wildman–Crippen MR) is 151 cm³/mol. The summed E-state index contributed by atoms with van der Waals surface area (Å²) in [6.45, 7) is 9.38. The first-order chi connectivity index (χ1) is 18.6. The Bertz CT molecular complexity index is 1480. The van der Waals surface area contributed by atoms with Crippen molar-refractivity contribution in [1.29, 1.82) is 0 Å². The van der Waals surface area contributed by atoms with Crippen molar-refractivity contribution in [3.8, 4) is 11.5 Å². The lowest BCUT2D eigenvalue weighted by atomic mass is 10.1. The Labute approximate surface area is 227 Å². The number of alkyl carbamates (subject to hydrolysis) is 1. The van der Waals surface area contributed by atoms with Gasteiger partial charge in [0.15, 0.2) is 0 Å². The molecule has 2 aromatic heterocycles. The van der Waals surface area contributed by atoms with Gasteiger partial charge in [0.2, 0.25) is 5.91 Å². The molecule has 0 radical (unpaired) electrons. The van der Waals surface area contributed by atoms with E-state index in [2.05, 4.69) is 30.9 Å². The van der Waals surface area contributed by atoms with Crippen LogP contribution in [0.3, 0.4) is 0 Å². The molecule has 0 aliphatic rings. The Kier molecular flexibility index (Phi) is 8.24. The van der Waals surface area contributed by atoms with Crippen LogP contribution in [-0.2, 0) is 9.53 Å². The van der Waals surface area contributed by atoms with Gasteiger partial charge >= 0.3 is 6.09 Å². The van der Waals surface area contributed by atoms with E-state index < -0.39 is 11.7 Å². The van der Waals surface area contributed by atoms with E-state index >= 15 is 0 Å². The number of anilines is 3. The zero-order valence-corrected chi connectivity index (χ0v) is 22.7. The number of hydrogen-bond donors (Lipinski definition) is 3. The Morgan fingerprint density at radius 3 is 2.44 bits per heavy atom. The molecule has 4 aromatic rings. The van der Waals surface area contributed by atoms with Crippen LogP contribution in [0.5, 0.6) is 11.5 Å². The van der Waals surface area contributed by atoms with Gasteiger partial charge in [-0.15, -0.1) is 0 Å². The number of ether oxygens (including phenoxy) is 2. The second-order valence-electron chi connectivity index (χ2n) is 10.0. The normalized spacial score (nSPS) is 11.1. The fraction of sp³-hybridized carbons (Fsp3) is 0.276.